The van der Waals surface area contributed by atoms with E-state index in [-0.39, 0.29) is 11.7 Å². The molecule has 3 aromatic heterocycles. The van der Waals surface area contributed by atoms with Crippen LogP contribution in [0.4, 0.5) is 4.39 Å². The highest BCUT2D eigenvalue weighted by atomic mass is 32.1. The van der Waals surface area contributed by atoms with Gasteiger partial charge in [0.15, 0.2) is 11.6 Å². The number of aromatic nitrogens is 4. The lowest BCUT2D eigenvalue weighted by molar-refractivity contribution is 0.0708. The maximum absolute atomic E-state index is 13.6. The molecule has 6 rings (SSSR count). The largest absolute Gasteiger partial charge is 0.329 e. The predicted octanol–water partition coefficient (Wildman–Crippen LogP) is 5.59. The Morgan fingerprint density at radius 3 is 2.62 bits per heavy atom. The highest BCUT2D eigenvalue weighted by Gasteiger charge is 2.26. The average Bonchev–Trinajstić information content (AvgIpc) is 3.64. The number of fused-ring (bicyclic) bond motifs is 1. The molecule has 5 aromatic rings. The Bertz CT molecular complexity index is 1470. The van der Waals surface area contributed by atoms with Crippen molar-refractivity contribution in [3.8, 4) is 32.5 Å². The zero-order valence-corrected chi connectivity index (χ0v) is 19.5. The van der Waals surface area contributed by atoms with Crippen molar-refractivity contribution in [2.75, 3.05) is 6.54 Å². The first kappa shape index (κ1) is 20.9. The molecule has 9 heteroatoms. The Labute approximate surface area is 203 Å². The van der Waals surface area contributed by atoms with Crippen molar-refractivity contribution in [3.63, 3.8) is 0 Å². The van der Waals surface area contributed by atoms with Gasteiger partial charge in [0, 0.05) is 34.5 Å². The van der Waals surface area contributed by atoms with Crippen LogP contribution in [0.15, 0.2) is 71.4 Å². The van der Waals surface area contributed by atoms with Crippen molar-refractivity contribution >= 4 is 28.6 Å². The molecule has 1 aliphatic heterocycles. The van der Waals surface area contributed by atoms with E-state index in [1.165, 1.54) is 28.3 Å². The molecular weight excluding hydrogens is 469 g/mol. The average molecular weight is 488 g/mol. The van der Waals surface area contributed by atoms with Crippen LogP contribution in [0.25, 0.3) is 32.5 Å². The summed E-state index contributed by atoms with van der Waals surface area (Å²) in [6, 6.07) is 18.2. The van der Waals surface area contributed by atoms with Crippen LogP contribution >= 0.6 is 22.7 Å². The number of hydrogen-bond donors (Lipinski definition) is 0. The molecule has 0 saturated heterocycles. The first-order valence-corrected chi connectivity index (χ1v) is 12.5. The molecule has 0 radical (unpaired) electrons. The Kier molecular flexibility index (Phi) is 5.27. The van der Waals surface area contributed by atoms with E-state index in [1.807, 2.05) is 51.7 Å². The van der Waals surface area contributed by atoms with Crippen LogP contribution in [0.1, 0.15) is 16.2 Å². The number of thiazole rings is 1. The van der Waals surface area contributed by atoms with Gasteiger partial charge >= 0.3 is 0 Å². The zero-order valence-electron chi connectivity index (χ0n) is 17.9. The van der Waals surface area contributed by atoms with Gasteiger partial charge in [0.05, 0.1) is 6.54 Å². The molecule has 1 aliphatic rings. The second-order valence-corrected chi connectivity index (χ2v) is 9.73. The van der Waals surface area contributed by atoms with Crippen LogP contribution in [0.3, 0.4) is 0 Å². The molecule has 4 heterocycles. The van der Waals surface area contributed by atoms with E-state index in [9.17, 15) is 9.18 Å². The number of benzene rings is 2. The fourth-order valence-corrected chi connectivity index (χ4v) is 5.58. The van der Waals surface area contributed by atoms with Crippen LogP contribution in [0.5, 0.6) is 0 Å². The first-order chi connectivity index (χ1) is 16.7. The molecule has 0 atom stereocenters. The van der Waals surface area contributed by atoms with Gasteiger partial charge in [0.1, 0.15) is 16.5 Å². The second kappa shape index (κ2) is 8.58. The summed E-state index contributed by atoms with van der Waals surface area (Å²) >= 11 is 3.12. The minimum absolute atomic E-state index is 0.0180. The van der Waals surface area contributed by atoms with E-state index >= 15 is 0 Å². The molecule has 0 aliphatic carbocycles. The van der Waals surface area contributed by atoms with Gasteiger partial charge in [0.2, 0.25) is 0 Å². The molecule has 0 N–H and O–H groups in total. The SMILES string of the molecule is O=C(c1ccc(-c2cccs2)cc1)N1CCn2c(nnc2-c2csc(-c3cccc(F)c3)n2)C1. The topological polar surface area (TPSA) is 63.9 Å². The van der Waals surface area contributed by atoms with E-state index in [4.69, 9.17) is 0 Å². The summed E-state index contributed by atoms with van der Waals surface area (Å²) in [5, 5.41) is 13.4. The van der Waals surface area contributed by atoms with Crippen molar-refractivity contribution in [2.45, 2.75) is 13.1 Å². The van der Waals surface area contributed by atoms with E-state index in [1.54, 1.807) is 22.3 Å². The summed E-state index contributed by atoms with van der Waals surface area (Å²) in [7, 11) is 0. The van der Waals surface area contributed by atoms with Gasteiger partial charge in [-0.2, -0.15) is 0 Å². The highest BCUT2D eigenvalue weighted by molar-refractivity contribution is 7.13. The number of nitrogens with zero attached hydrogens (tertiary/aromatic N) is 5. The van der Waals surface area contributed by atoms with Crippen molar-refractivity contribution in [1.82, 2.24) is 24.6 Å². The lowest BCUT2D eigenvalue weighted by Gasteiger charge is -2.27. The van der Waals surface area contributed by atoms with Crippen LogP contribution in [-0.2, 0) is 13.1 Å². The standard InChI is InChI=1S/C25H18FN5OS2/c26-19-4-1-3-18(13-19)24-27-20(15-34-24)23-29-28-22-14-30(10-11-31(22)23)25(32)17-8-6-16(7-9-17)21-5-2-12-33-21/h1-9,12-13,15H,10-11,14H2. The molecule has 0 fully saturated rings. The Hall–Kier alpha value is -3.69. The summed E-state index contributed by atoms with van der Waals surface area (Å²) in [4.78, 5) is 20.7. The molecule has 34 heavy (non-hydrogen) atoms. The highest BCUT2D eigenvalue weighted by Crippen LogP contribution is 2.30. The van der Waals surface area contributed by atoms with Crippen molar-refractivity contribution in [2.24, 2.45) is 0 Å². The molecule has 0 saturated carbocycles. The first-order valence-electron chi connectivity index (χ1n) is 10.7. The van der Waals surface area contributed by atoms with E-state index in [0.717, 1.165) is 22.0 Å². The smallest absolute Gasteiger partial charge is 0.254 e. The number of rotatable bonds is 4. The van der Waals surface area contributed by atoms with E-state index in [0.29, 0.717) is 36.7 Å². The summed E-state index contributed by atoms with van der Waals surface area (Å²) in [6.07, 6.45) is 0. The maximum Gasteiger partial charge on any atom is 0.254 e. The van der Waals surface area contributed by atoms with Crippen LogP contribution < -0.4 is 0 Å². The van der Waals surface area contributed by atoms with E-state index < -0.39 is 0 Å². The Balaban J connectivity index is 1.20. The third-order valence-electron chi connectivity index (χ3n) is 5.78. The van der Waals surface area contributed by atoms with Gasteiger partial charge in [-0.05, 0) is 41.3 Å². The lowest BCUT2D eigenvalue weighted by atomic mass is 10.1. The fourth-order valence-electron chi connectivity index (χ4n) is 4.05. The van der Waals surface area contributed by atoms with Gasteiger partial charge in [-0.25, -0.2) is 9.37 Å². The normalized spacial score (nSPS) is 13.1. The molecule has 168 valence electrons. The third-order valence-corrected chi connectivity index (χ3v) is 7.59. The van der Waals surface area contributed by atoms with Crippen LogP contribution in [-0.4, -0.2) is 37.1 Å². The summed E-state index contributed by atoms with van der Waals surface area (Å²) in [5.41, 5.74) is 3.20. The predicted molar refractivity (Wildman–Crippen MR) is 131 cm³/mol. The summed E-state index contributed by atoms with van der Waals surface area (Å²) in [5.74, 6) is 1.09. The number of carbonyl (C=O) groups excluding carboxylic acids is 1. The van der Waals surface area contributed by atoms with Crippen LogP contribution in [0, 0.1) is 5.82 Å². The number of amides is 1. The van der Waals surface area contributed by atoms with Gasteiger partial charge < -0.3 is 9.47 Å². The number of hydrogen-bond acceptors (Lipinski definition) is 6. The van der Waals surface area contributed by atoms with Gasteiger partial charge in [-0.15, -0.1) is 32.9 Å². The van der Waals surface area contributed by atoms with Crippen molar-refractivity contribution in [1.29, 1.82) is 0 Å². The molecule has 0 spiro atoms. The molecule has 2 aromatic carbocycles. The third kappa shape index (κ3) is 3.82. The number of carbonyl (C=O) groups is 1. The van der Waals surface area contributed by atoms with Gasteiger partial charge in [-0.1, -0.05) is 30.3 Å². The molecule has 0 bridgehead atoms. The Morgan fingerprint density at radius 2 is 1.82 bits per heavy atom. The second-order valence-electron chi connectivity index (χ2n) is 7.92. The molecule has 0 unspecified atom stereocenters. The van der Waals surface area contributed by atoms with Gasteiger partial charge in [-0.3, -0.25) is 4.79 Å². The lowest BCUT2D eigenvalue weighted by Crippen LogP contribution is -2.38. The minimum atomic E-state index is -0.292. The van der Waals surface area contributed by atoms with Crippen molar-refractivity contribution in [3.05, 3.63) is 88.6 Å². The fraction of sp³-hybridized carbons (Fsp3) is 0.120. The zero-order chi connectivity index (χ0) is 23.1. The number of thiophene rings is 1. The summed E-state index contributed by atoms with van der Waals surface area (Å²) < 4.78 is 15.6. The summed E-state index contributed by atoms with van der Waals surface area (Å²) in [6.45, 7) is 1.54. The van der Waals surface area contributed by atoms with Crippen molar-refractivity contribution < 1.29 is 9.18 Å². The monoisotopic (exact) mass is 487 g/mol. The van der Waals surface area contributed by atoms with E-state index in [2.05, 4.69) is 21.2 Å². The number of halogens is 1. The quantitative estimate of drug-likeness (QED) is 0.331. The minimum Gasteiger partial charge on any atom is -0.329 e. The molecule has 1 amide bonds. The Morgan fingerprint density at radius 1 is 0.941 bits per heavy atom. The maximum atomic E-state index is 13.6. The van der Waals surface area contributed by atoms with Gasteiger partial charge in [0.25, 0.3) is 5.91 Å². The van der Waals surface area contributed by atoms with Crippen LogP contribution in [0.2, 0.25) is 0 Å². The molecule has 6 nitrogen and oxygen atoms in total. The molecular formula is C25H18FN5OS2.